The Labute approximate surface area is 127 Å². The second-order valence-electron chi connectivity index (χ2n) is 4.12. The van der Waals surface area contributed by atoms with E-state index in [2.05, 4.69) is 19.7 Å². The smallest absolute Gasteiger partial charge is 0.454 e. The third-order valence-corrected chi connectivity index (χ3v) is 2.37. The number of benzene rings is 1. The minimum atomic E-state index is -4.80. The maximum Gasteiger partial charge on any atom is 0.573 e. The minimum Gasteiger partial charge on any atom is -0.454 e. The van der Waals surface area contributed by atoms with Crippen molar-refractivity contribution in [3.63, 3.8) is 0 Å². The molecule has 0 aliphatic rings. The Hall–Kier alpha value is -3.11. The summed E-state index contributed by atoms with van der Waals surface area (Å²) in [6, 6.07) is 4.23. The Morgan fingerprint density at radius 3 is 2.13 bits per heavy atom. The summed E-state index contributed by atoms with van der Waals surface area (Å²) in [4.78, 5) is 22.7. The van der Waals surface area contributed by atoms with E-state index in [0.29, 0.717) is 0 Å². The second-order valence-corrected chi connectivity index (χ2v) is 4.12. The summed E-state index contributed by atoms with van der Waals surface area (Å²) < 4.78 is 44.6. The van der Waals surface area contributed by atoms with Crippen molar-refractivity contribution in [1.82, 2.24) is 15.0 Å². The molecular weight excluding hydrogens is 319 g/mol. The van der Waals surface area contributed by atoms with Gasteiger partial charge in [-0.3, -0.25) is 0 Å². The van der Waals surface area contributed by atoms with Crippen LogP contribution < -0.4 is 16.2 Å². The molecule has 2 aromatic rings. The predicted octanol–water partition coefficient (Wildman–Crippen LogP) is 1.29. The summed E-state index contributed by atoms with van der Waals surface area (Å²) in [5.74, 6) is -1.46. The average Bonchev–Trinajstić information content (AvgIpc) is 2.43. The van der Waals surface area contributed by atoms with Gasteiger partial charge in [-0.15, -0.1) is 13.2 Å². The first kappa shape index (κ1) is 16.3. The normalized spacial score (nSPS) is 11.1. The molecule has 0 saturated carbocycles. The number of aromatic nitrogens is 3. The van der Waals surface area contributed by atoms with Gasteiger partial charge in [-0.25, -0.2) is 4.79 Å². The van der Waals surface area contributed by atoms with E-state index in [4.69, 9.17) is 16.2 Å². The zero-order chi connectivity index (χ0) is 17.0. The fourth-order valence-electron chi connectivity index (χ4n) is 1.53. The third kappa shape index (κ3) is 4.98. The lowest BCUT2D eigenvalue weighted by Crippen LogP contribution is -2.17. The van der Waals surface area contributed by atoms with Gasteiger partial charge in [0.15, 0.2) is 12.4 Å². The Bertz CT molecular complexity index is 686. The molecule has 0 amide bonds. The molecule has 0 radical (unpaired) electrons. The van der Waals surface area contributed by atoms with Crippen LogP contribution in [0, 0.1) is 0 Å². The van der Waals surface area contributed by atoms with E-state index in [9.17, 15) is 18.0 Å². The van der Waals surface area contributed by atoms with Gasteiger partial charge in [0.05, 0.1) is 5.56 Å². The standard InChI is InChI=1S/C12H10F3N5O3/c13-12(14,15)23-7-3-1-6(2-4-7)9(21)22-5-8-18-10(16)20-11(17)19-8/h1-4H,5H2,(H4,16,17,18,19,20). The van der Waals surface area contributed by atoms with Crippen LogP contribution in [0.1, 0.15) is 16.2 Å². The van der Waals surface area contributed by atoms with Crippen LogP contribution >= 0.6 is 0 Å². The largest absolute Gasteiger partial charge is 0.573 e. The highest BCUT2D eigenvalue weighted by molar-refractivity contribution is 5.89. The van der Waals surface area contributed by atoms with Crippen molar-refractivity contribution in [1.29, 1.82) is 0 Å². The van der Waals surface area contributed by atoms with Gasteiger partial charge in [-0.05, 0) is 24.3 Å². The number of rotatable bonds is 4. The van der Waals surface area contributed by atoms with Crippen LogP contribution in [0.5, 0.6) is 5.75 Å². The van der Waals surface area contributed by atoms with E-state index >= 15 is 0 Å². The molecule has 11 heteroatoms. The van der Waals surface area contributed by atoms with E-state index in [1.807, 2.05) is 0 Å². The van der Waals surface area contributed by atoms with Gasteiger partial charge in [-0.2, -0.15) is 15.0 Å². The number of hydrogen-bond acceptors (Lipinski definition) is 8. The average molecular weight is 329 g/mol. The Morgan fingerprint density at radius 2 is 1.61 bits per heavy atom. The Balaban J connectivity index is 1.98. The van der Waals surface area contributed by atoms with Crippen molar-refractivity contribution in [3.05, 3.63) is 35.7 Å². The second kappa shape index (κ2) is 6.34. The molecular formula is C12H10F3N5O3. The molecule has 0 fully saturated rings. The number of esters is 1. The van der Waals surface area contributed by atoms with Gasteiger partial charge in [0.1, 0.15) is 5.75 Å². The van der Waals surface area contributed by atoms with Gasteiger partial charge in [0.2, 0.25) is 11.9 Å². The van der Waals surface area contributed by atoms with Crippen LogP contribution in [-0.4, -0.2) is 27.3 Å². The summed E-state index contributed by atoms with van der Waals surface area (Å²) in [6.07, 6.45) is -4.80. The molecule has 0 aliphatic heterocycles. The summed E-state index contributed by atoms with van der Waals surface area (Å²) in [7, 11) is 0. The number of nitrogens with zero attached hydrogens (tertiary/aromatic N) is 3. The quantitative estimate of drug-likeness (QED) is 0.804. The van der Waals surface area contributed by atoms with Crippen LogP contribution in [0.2, 0.25) is 0 Å². The molecule has 23 heavy (non-hydrogen) atoms. The number of nitrogen functional groups attached to an aromatic ring is 2. The summed E-state index contributed by atoms with van der Waals surface area (Å²) in [6.45, 7) is -0.323. The lowest BCUT2D eigenvalue weighted by molar-refractivity contribution is -0.274. The van der Waals surface area contributed by atoms with E-state index in [1.165, 1.54) is 0 Å². The highest BCUT2D eigenvalue weighted by atomic mass is 19.4. The number of carbonyl (C=O) groups is 1. The number of halogens is 3. The van der Waals surface area contributed by atoms with Crippen molar-refractivity contribution >= 4 is 17.9 Å². The molecule has 4 N–H and O–H groups in total. The highest BCUT2D eigenvalue weighted by Gasteiger charge is 2.31. The van der Waals surface area contributed by atoms with Crippen LogP contribution in [0.4, 0.5) is 25.1 Å². The minimum absolute atomic E-state index is 0.0227. The molecule has 1 aromatic heterocycles. The molecule has 8 nitrogen and oxygen atoms in total. The molecule has 2 rings (SSSR count). The molecule has 122 valence electrons. The molecule has 0 saturated heterocycles. The van der Waals surface area contributed by atoms with Crippen LogP contribution in [0.25, 0.3) is 0 Å². The van der Waals surface area contributed by atoms with E-state index in [0.717, 1.165) is 24.3 Å². The van der Waals surface area contributed by atoms with Crippen molar-refractivity contribution < 1.29 is 27.4 Å². The van der Waals surface area contributed by atoms with Crippen LogP contribution in [-0.2, 0) is 11.3 Å². The molecule has 1 heterocycles. The fraction of sp³-hybridized carbons (Fsp3) is 0.167. The van der Waals surface area contributed by atoms with E-state index in [-0.39, 0.29) is 29.9 Å². The van der Waals surface area contributed by atoms with E-state index in [1.54, 1.807) is 0 Å². The topological polar surface area (TPSA) is 126 Å². The van der Waals surface area contributed by atoms with Gasteiger partial charge < -0.3 is 20.9 Å². The monoisotopic (exact) mass is 329 g/mol. The zero-order valence-corrected chi connectivity index (χ0v) is 11.4. The Kier molecular flexibility index (Phi) is 4.48. The first-order valence-corrected chi connectivity index (χ1v) is 6.02. The van der Waals surface area contributed by atoms with Gasteiger partial charge >= 0.3 is 12.3 Å². The van der Waals surface area contributed by atoms with Crippen molar-refractivity contribution in [2.24, 2.45) is 0 Å². The number of hydrogen-bond donors (Lipinski definition) is 2. The number of ether oxygens (including phenoxy) is 2. The highest BCUT2D eigenvalue weighted by Crippen LogP contribution is 2.22. The number of anilines is 2. The lowest BCUT2D eigenvalue weighted by Gasteiger charge is -2.09. The number of nitrogens with two attached hydrogens (primary N) is 2. The zero-order valence-electron chi connectivity index (χ0n) is 11.4. The molecule has 0 atom stereocenters. The third-order valence-electron chi connectivity index (χ3n) is 2.37. The van der Waals surface area contributed by atoms with Crippen molar-refractivity contribution in [3.8, 4) is 5.75 Å². The van der Waals surface area contributed by atoms with Gasteiger partial charge in [-0.1, -0.05) is 0 Å². The first-order valence-electron chi connectivity index (χ1n) is 6.02. The number of alkyl halides is 3. The summed E-state index contributed by atoms with van der Waals surface area (Å²) >= 11 is 0. The number of carbonyl (C=O) groups excluding carboxylic acids is 1. The van der Waals surface area contributed by atoms with Gasteiger partial charge in [0.25, 0.3) is 0 Å². The SMILES string of the molecule is Nc1nc(N)nc(COC(=O)c2ccc(OC(F)(F)F)cc2)n1. The predicted molar refractivity (Wildman–Crippen MR) is 70.9 cm³/mol. The Morgan fingerprint density at radius 1 is 1.04 bits per heavy atom. The van der Waals surface area contributed by atoms with Crippen molar-refractivity contribution in [2.75, 3.05) is 11.5 Å². The summed E-state index contributed by atoms with van der Waals surface area (Å²) in [5.41, 5.74) is 10.7. The molecule has 0 unspecified atom stereocenters. The summed E-state index contributed by atoms with van der Waals surface area (Å²) in [5, 5.41) is 0. The van der Waals surface area contributed by atoms with Crippen molar-refractivity contribution in [2.45, 2.75) is 13.0 Å². The molecule has 0 bridgehead atoms. The molecule has 0 spiro atoms. The van der Waals surface area contributed by atoms with Gasteiger partial charge in [0, 0.05) is 0 Å². The van der Waals surface area contributed by atoms with E-state index < -0.39 is 18.1 Å². The first-order chi connectivity index (χ1) is 10.7. The lowest BCUT2D eigenvalue weighted by atomic mass is 10.2. The van der Waals surface area contributed by atoms with Crippen LogP contribution in [0.15, 0.2) is 24.3 Å². The molecule has 0 aliphatic carbocycles. The maximum atomic E-state index is 12.0. The van der Waals surface area contributed by atoms with Crippen LogP contribution in [0.3, 0.4) is 0 Å². The molecule has 1 aromatic carbocycles. The fourth-order valence-corrected chi connectivity index (χ4v) is 1.53. The maximum absolute atomic E-state index is 12.0.